The summed E-state index contributed by atoms with van der Waals surface area (Å²) in [6.07, 6.45) is 64.9. The zero-order valence-electron chi connectivity index (χ0n) is 36.0. The third-order valence-corrected chi connectivity index (χ3v) is 12.1. The van der Waals surface area contributed by atoms with E-state index in [0.29, 0.717) is 6.17 Å². The lowest BCUT2D eigenvalue weighted by Gasteiger charge is -2.33. The molecule has 0 radical (unpaired) electrons. The van der Waals surface area contributed by atoms with Crippen molar-refractivity contribution in [2.24, 2.45) is 0 Å². The number of hydrogen-bond donors (Lipinski definition) is 0. The third kappa shape index (κ3) is 32.5. The minimum atomic E-state index is 0.637. The lowest BCUT2D eigenvalue weighted by Crippen LogP contribution is -2.39. The van der Waals surface area contributed by atoms with Crippen molar-refractivity contribution in [3.8, 4) is 0 Å². The van der Waals surface area contributed by atoms with Gasteiger partial charge >= 0.3 is 0 Å². The van der Waals surface area contributed by atoms with Crippen molar-refractivity contribution < 1.29 is 0 Å². The Morgan fingerprint density at radius 3 is 0.686 bits per heavy atom. The molecular weight excluding hydrogens is 617 g/mol. The predicted molar refractivity (Wildman–Crippen MR) is 233 cm³/mol. The minimum Gasteiger partial charge on any atom is -0.356 e. The molecule has 0 N–H and O–H groups in total. The molecule has 0 bridgehead atoms. The minimum absolute atomic E-state index is 0.637. The molecule has 1 unspecified atom stereocenters. The predicted octanol–water partition coefficient (Wildman–Crippen LogP) is 17.5. The molecule has 1 aliphatic heterocycles. The Balaban J connectivity index is 2.17. The van der Waals surface area contributed by atoms with E-state index in [2.05, 4.69) is 43.0 Å². The first-order chi connectivity index (χ1) is 25.3. The fraction of sp³-hybridized carbons (Fsp3) is 0.959. The monoisotopic (exact) mass is 715 g/mol. The van der Waals surface area contributed by atoms with Gasteiger partial charge in [0.25, 0.3) is 0 Å². The molecule has 0 aromatic carbocycles. The molecule has 0 spiro atoms. The summed E-state index contributed by atoms with van der Waals surface area (Å²) in [5.74, 6) is 0. The van der Waals surface area contributed by atoms with Crippen molar-refractivity contribution in [2.75, 3.05) is 13.1 Å². The molecule has 0 amide bonds. The second-order valence-electron chi connectivity index (χ2n) is 17.1. The first kappa shape index (κ1) is 48.4. The molecule has 0 aromatic heterocycles. The van der Waals surface area contributed by atoms with Gasteiger partial charge in [0.1, 0.15) is 6.17 Å². The zero-order valence-corrected chi connectivity index (χ0v) is 36.0. The van der Waals surface area contributed by atoms with E-state index in [1.807, 2.05) is 0 Å². The lowest BCUT2D eigenvalue weighted by atomic mass is 10.0. The van der Waals surface area contributed by atoms with Gasteiger partial charge in [0.2, 0.25) is 0 Å². The molecule has 1 heterocycles. The highest BCUT2D eigenvalue weighted by molar-refractivity contribution is 4.97. The first-order valence-electron chi connectivity index (χ1n) is 24.5. The molecule has 1 aliphatic rings. The molecular formula is C49H98N2. The van der Waals surface area contributed by atoms with Crippen molar-refractivity contribution in [3.63, 3.8) is 0 Å². The van der Waals surface area contributed by atoms with Crippen LogP contribution in [-0.2, 0) is 0 Å². The molecule has 0 aromatic rings. The number of unbranched alkanes of at least 4 members (excludes halogenated alkanes) is 37. The highest BCUT2D eigenvalue weighted by Crippen LogP contribution is 2.24. The van der Waals surface area contributed by atoms with Crippen LogP contribution in [-0.4, -0.2) is 29.1 Å². The average Bonchev–Trinajstić information content (AvgIpc) is 3.53. The first-order valence-corrected chi connectivity index (χ1v) is 24.5. The highest BCUT2D eigenvalue weighted by atomic mass is 15.4. The van der Waals surface area contributed by atoms with E-state index in [1.54, 1.807) is 0 Å². The van der Waals surface area contributed by atoms with Gasteiger partial charge in [-0.15, -0.1) is 0 Å². The summed E-state index contributed by atoms with van der Waals surface area (Å²) in [7, 11) is 0. The summed E-state index contributed by atoms with van der Waals surface area (Å²) in [6.45, 7) is 9.49. The quantitative estimate of drug-likeness (QED) is 0.0580. The maximum absolute atomic E-state index is 2.74. The van der Waals surface area contributed by atoms with Crippen molar-refractivity contribution in [3.05, 3.63) is 12.4 Å². The van der Waals surface area contributed by atoms with Crippen LogP contribution in [0.4, 0.5) is 0 Å². The fourth-order valence-electron chi connectivity index (χ4n) is 8.48. The van der Waals surface area contributed by atoms with Gasteiger partial charge in [-0.05, 0) is 25.7 Å². The second-order valence-corrected chi connectivity index (χ2v) is 17.1. The summed E-state index contributed by atoms with van der Waals surface area (Å²) >= 11 is 0. The van der Waals surface area contributed by atoms with Gasteiger partial charge in [-0.1, -0.05) is 258 Å². The zero-order chi connectivity index (χ0) is 36.6. The van der Waals surface area contributed by atoms with E-state index in [1.165, 1.54) is 276 Å². The standard InChI is InChI=1S/C49H98N2/c1-4-7-10-13-16-19-22-24-25-26-27-29-31-34-37-40-43-46-51-48-47-50(49(51)44-41-38-35-32-21-18-15-12-9-6-3)45-42-39-36-33-30-28-23-20-17-14-11-8-5-2/h47-49H,4-46H2,1-3H3. The largest absolute Gasteiger partial charge is 0.356 e. The summed E-state index contributed by atoms with van der Waals surface area (Å²) in [4.78, 5) is 5.47. The molecule has 304 valence electrons. The van der Waals surface area contributed by atoms with Gasteiger partial charge in [-0.2, -0.15) is 0 Å². The summed E-state index contributed by atoms with van der Waals surface area (Å²) < 4.78 is 0. The molecule has 0 aliphatic carbocycles. The molecule has 51 heavy (non-hydrogen) atoms. The summed E-state index contributed by atoms with van der Waals surface area (Å²) in [6, 6.07) is 0. The Morgan fingerprint density at radius 1 is 0.255 bits per heavy atom. The fourth-order valence-corrected chi connectivity index (χ4v) is 8.48. The van der Waals surface area contributed by atoms with E-state index in [4.69, 9.17) is 0 Å². The Hall–Kier alpha value is -0.660. The van der Waals surface area contributed by atoms with Crippen molar-refractivity contribution in [2.45, 2.75) is 290 Å². The molecule has 1 atom stereocenters. The molecule has 2 nitrogen and oxygen atoms in total. The van der Waals surface area contributed by atoms with Crippen LogP contribution < -0.4 is 0 Å². The second kappa shape index (κ2) is 40.5. The van der Waals surface area contributed by atoms with E-state index >= 15 is 0 Å². The number of hydrogen-bond acceptors (Lipinski definition) is 2. The lowest BCUT2D eigenvalue weighted by molar-refractivity contribution is 0.135. The van der Waals surface area contributed by atoms with Crippen LogP contribution in [0.25, 0.3) is 0 Å². The van der Waals surface area contributed by atoms with Gasteiger partial charge in [-0.3, -0.25) is 0 Å². The van der Waals surface area contributed by atoms with Crippen LogP contribution in [0.1, 0.15) is 284 Å². The van der Waals surface area contributed by atoms with Crippen LogP contribution in [0.2, 0.25) is 0 Å². The number of nitrogens with zero attached hydrogens (tertiary/aromatic N) is 2. The van der Waals surface area contributed by atoms with Crippen LogP contribution in [0.5, 0.6) is 0 Å². The Kier molecular flexibility index (Phi) is 38.4. The van der Waals surface area contributed by atoms with E-state index in [0.717, 1.165) is 0 Å². The van der Waals surface area contributed by atoms with Crippen LogP contribution >= 0.6 is 0 Å². The van der Waals surface area contributed by atoms with Crippen molar-refractivity contribution in [1.29, 1.82) is 0 Å². The van der Waals surface area contributed by atoms with E-state index in [9.17, 15) is 0 Å². The Labute approximate surface area is 324 Å². The third-order valence-electron chi connectivity index (χ3n) is 12.1. The summed E-state index contributed by atoms with van der Waals surface area (Å²) in [5.41, 5.74) is 0. The smallest absolute Gasteiger partial charge is 0.101 e. The van der Waals surface area contributed by atoms with Gasteiger partial charge in [0.15, 0.2) is 0 Å². The topological polar surface area (TPSA) is 6.48 Å². The average molecular weight is 715 g/mol. The maximum Gasteiger partial charge on any atom is 0.101 e. The maximum atomic E-state index is 2.74. The SMILES string of the molecule is CCCCCCCCCCCCCCCCCCCN1C=CN(CCCCCCCCCCCCCCC)C1CCCCCCCCCCCC. The molecule has 1 rings (SSSR count). The van der Waals surface area contributed by atoms with E-state index in [-0.39, 0.29) is 0 Å². The van der Waals surface area contributed by atoms with Crippen LogP contribution in [0.3, 0.4) is 0 Å². The normalized spacial score (nSPS) is 14.5. The van der Waals surface area contributed by atoms with Gasteiger partial charge in [-0.25, -0.2) is 0 Å². The van der Waals surface area contributed by atoms with Gasteiger partial charge in [0.05, 0.1) is 0 Å². The summed E-state index contributed by atoms with van der Waals surface area (Å²) in [5, 5.41) is 0. The van der Waals surface area contributed by atoms with Crippen molar-refractivity contribution in [1.82, 2.24) is 9.80 Å². The van der Waals surface area contributed by atoms with Crippen LogP contribution in [0.15, 0.2) is 12.4 Å². The Morgan fingerprint density at radius 2 is 0.451 bits per heavy atom. The highest BCUT2D eigenvalue weighted by Gasteiger charge is 2.24. The molecule has 2 heteroatoms. The molecule has 0 saturated heterocycles. The van der Waals surface area contributed by atoms with Crippen molar-refractivity contribution >= 4 is 0 Å². The van der Waals surface area contributed by atoms with Gasteiger partial charge in [0, 0.05) is 25.5 Å². The Bertz CT molecular complexity index is 673. The molecule has 0 saturated carbocycles. The number of rotatable bonds is 43. The van der Waals surface area contributed by atoms with Gasteiger partial charge < -0.3 is 9.80 Å². The van der Waals surface area contributed by atoms with Crippen LogP contribution in [0, 0.1) is 0 Å². The van der Waals surface area contributed by atoms with E-state index < -0.39 is 0 Å². The molecule has 0 fully saturated rings.